The van der Waals surface area contributed by atoms with Crippen molar-refractivity contribution in [1.82, 2.24) is 0 Å². The zero-order chi connectivity index (χ0) is 31.8. The van der Waals surface area contributed by atoms with Gasteiger partial charge in [0, 0.05) is 0 Å². The Labute approximate surface area is 284 Å². The lowest BCUT2D eigenvalue weighted by atomic mass is 9.70. The first-order valence-electron chi connectivity index (χ1n) is 17.3. The minimum Gasteiger partial charge on any atom is -0.0619 e. The largest absolute Gasteiger partial charge is 0.0725 e. The molecule has 12 rings (SSSR count). The van der Waals surface area contributed by atoms with E-state index in [1.165, 1.54) is 110 Å². The van der Waals surface area contributed by atoms with Gasteiger partial charge in [-0.25, -0.2) is 0 Å². The van der Waals surface area contributed by atoms with E-state index < -0.39 is 0 Å². The highest BCUT2D eigenvalue weighted by atomic mass is 14.5. The zero-order valence-electron chi connectivity index (χ0n) is 26.7. The molecule has 0 unspecified atom stereocenters. The molecule has 0 amide bonds. The summed E-state index contributed by atoms with van der Waals surface area (Å²) in [4.78, 5) is 0. The fourth-order valence-electron chi connectivity index (χ4n) is 10.0. The molecular formula is C49H28. The first kappa shape index (κ1) is 25.8. The highest BCUT2D eigenvalue weighted by molar-refractivity contribution is 6.24. The second-order valence-corrected chi connectivity index (χ2v) is 13.9. The van der Waals surface area contributed by atoms with Crippen LogP contribution in [-0.4, -0.2) is 0 Å². The Kier molecular flexibility index (Phi) is 4.74. The Morgan fingerprint density at radius 3 is 1.53 bits per heavy atom. The maximum Gasteiger partial charge on any atom is 0.0725 e. The van der Waals surface area contributed by atoms with E-state index in [1.54, 1.807) is 0 Å². The van der Waals surface area contributed by atoms with Crippen molar-refractivity contribution in [3.63, 3.8) is 0 Å². The smallest absolute Gasteiger partial charge is 0.0619 e. The Morgan fingerprint density at radius 2 is 0.776 bits per heavy atom. The highest BCUT2D eigenvalue weighted by Gasteiger charge is 2.52. The van der Waals surface area contributed by atoms with Crippen LogP contribution in [0.15, 0.2) is 170 Å². The minimum atomic E-state index is -0.382. The molecule has 9 aromatic carbocycles. The molecule has 0 saturated heterocycles. The Hall–Kier alpha value is -6.24. The molecule has 0 fully saturated rings. The van der Waals surface area contributed by atoms with Crippen LogP contribution in [0.1, 0.15) is 22.3 Å². The van der Waals surface area contributed by atoms with Crippen molar-refractivity contribution >= 4 is 32.3 Å². The summed E-state index contributed by atoms with van der Waals surface area (Å²) in [7, 11) is 0. The monoisotopic (exact) mass is 616 g/mol. The average Bonchev–Trinajstić information content (AvgIpc) is 3.77. The van der Waals surface area contributed by atoms with E-state index in [-0.39, 0.29) is 5.41 Å². The molecule has 0 aliphatic heterocycles. The number of rotatable bonds is 1. The first-order valence-corrected chi connectivity index (χ1v) is 17.3. The van der Waals surface area contributed by atoms with Crippen molar-refractivity contribution in [3.8, 4) is 55.6 Å². The third-order valence-corrected chi connectivity index (χ3v) is 11.8. The highest BCUT2D eigenvalue weighted by Crippen LogP contribution is 2.66. The van der Waals surface area contributed by atoms with Gasteiger partial charge in [-0.2, -0.15) is 0 Å². The lowest BCUT2D eigenvalue weighted by molar-refractivity contribution is 0.795. The Morgan fingerprint density at radius 1 is 0.265 bits per heavy atom. The third-order valence-electron chi connectivity index (χ3n) is 11.8. The van der Waals surface area contributed by atoms with Gasteiger partial charge in [0.1, 0.15) is 0 Å². The predicted octanol–water partition coefficient (Wildman–Crippen LogP) is 12.8. The quantitative estimate of drug-likeness (QED) is 0.161. The molecule has 0 radical (unpaired) electrons. The summed E-state index contributed by atoms with van der Waals surface area (Å²) in [5.74, 6) is 0. The van der Waals surface area contributed by atoms with Crippen LogP contribution in [0, 0.1) is 0 Å². The molecule has 0 atom stereocenters. The summed E-state index contributed by atoms with van der Waals surface area (Å²) in [5, 5.41) is 7.90. The first-order chi connectivity index (χ1) is 24.3. The predicted molar refractivity (Wildman–Crippen MR) is 205 cm³/mol. The number of fused-ring (bicyclic) bond motifs is 17. The maximum absolute atomic E-state index is 2.60. The van der Waals surface area contributed by atoms with E-state index in [0.29, 0.717) is 0 Å². The molecule has 0 heterocycles. The molecule has 3 aliphatic rings. The van der Waals surface area contributed by atoms with Crippen molar-refractivity contribution in [2.75, 3.05) is 0 Å². The summed E-state index contributed by atoms with van der Waals surface area (Å²) < 4.78 is 0. The summed E-state index contributed by atoms with van der Waals surface area (Å²) in [5.41, 5.74) is 18.6. The fraction of sp³-hybridized carbons (Fsp3) is 0.0204. The van der Waals surface area contributed by atoms with Gasteiger partial charge in [0.2, 0.25) is 0 Å². The Balaban J connectivity index is 1.24. The second-order valence-electron chi connectivity index (χ2n) is 13.9. The van der Waals surface area contributed by atoms with Crippen LogP contribution >= 0.6 is 0 Å². The molecule has 0 aromatic heterocycles. The van der Waals surface area contributed by atoms with Crippen LogP contribution < -0.4 is 0 Å². The molecule has 0 heteroatoms. The van der Waals surface area contributed by atoms with E-state index in [9.17, 15) is 0 Å². The molecule has 49 heavy (non-hydrogen) atoms. The zero-order valence-corrected chi connectivity index (χ0v) is 26.7. The van der Waals surface area contributed by atoms with E-state index >= 15 is 0 Å². The minimum absolute atomic E-state index is 0.382. The molecular weight excluding hydrogens is 589 g/mol. The molecule has 0 nitrogen and oxygen atoms in total. The van der Waals surface area contributed by atoms with E-state index in [1.807, 2.05) is 0 Å². The van der Waals surface area contributed by atoms with Gasteiger partial charge in [-0.1, -0.05) is 158 Å². The lowest BCUT2D eigenvalue weighted by Crippen LogP contribution is -2.25. The van der Waals surface area contributed by atoms with Gasteiger partial charge in [-0.15, -0.1) is 0 Å². The van der Waals surface area contributed by atoms with Crippen molar-refractivity contribution in [2.24, 2.45) is 0 Å². The summed E-state index contributed by atoms with van der Waals surface area (Å²) in [6.07, 6.45) is 0. The molecule has 0 bridgehead atoms. The van der Waals surface area contributed by atoms with Gasteiger partial charge in [-0.05, 0) is 122 Å². The van der Waals surface area contributed by atoms with Gasteiger partial charge in [0.15, 0.2) is 0 Å². The summed E-state index contributed by atoms with van der Waals surface area (Å²) in [6.45, 7) is 0. The van der Waals surface area contributed by atoms with Crippen molar-refractivity contribution in [3.05, 3.63) is 192 Å². The van der Waals surface area contributed by atoms with E-state index in [0.717, 1.165) is 0 Å². The number of hydrogen-bond donors (Lipinski definition) is 0. The van der Waals surface area contributed by atoms with Crippen LogP contribution in [0.5, 0.6) is 0 Å². The van der Waals surface area contributed by atoms with Crippen LogP contribution in [-0.2, 0) is 5.41 Å². The topological polar surface area (TPSA) is 0 Å². The average molecular weight is 617 g/mol. The molecule has 3 aliphatic carbocycles. The normalized spacial score (nSPS) is 13.9. The van der Waals surface area contributed by atoms with Crippen molar-refractivity contribution < 1.29 is 0 Å². The van der Waals surface area contributed by atoms with Crippen molar-refractivity contribution in [1.29, 1.82) is 0 Å². The van der Waals surface area contributed by atoms with E-state index in [2.05, 4.69) is 170 Å². The van der Waals surface area contributed by atoms with Gasteiger partial charge in [-0.3, -0.25) is 0 Å². The van der Waals surface area contributed by atoms with Gasteiger partial charge in [0.25, 0.3) is 0 Å². The van der Waals surface area contributed by atoms with Crippen molar-refractivity contribution in [2.45, 2.75) is 5.41 Å². The van der Waals surface area contributed by atoms with Gasteiger partial charge >= 0.3 is 0 Å². The SMILES string of the molecule is c1ccc2c(c1)-c1ccccc1C21c2ccccc2-c2c1cc1c3c(cccc23)-c2cccc(-c3cc4ccccc4c4ccccc34)c2-1. The fourth-order valence-corrected chi connectivity index (χ4v) is 10.0. The van der Waals surface area contributed by atoms with Crippen LogP contribution in [0.25, 0.3) is 88.0 Å². The van der Waals surface area contributed by atoms with Crippen LogP contribution in [0.4, 0.5) is 0 Å². The molecule has 0 N–H and O–H groups in total. The van der Waals surface area contributed by atoms with E-state index in [4.69, 9.17) is 0 Å². The van der Waals surface area contributed by atoms with Crippen LogP contribution in [0.3, 0.4) is 0 Å². The molecule has 1 spiro atoms. The number of hydrogen-bond acceptors (Lipinski definition) is 0. The summed E-state index contributed by atoms with van der Waals surface area (Å²) in [6, 6.07) is 64.1. The van der Waals surface area contributed by atoms with Gasteiger partial charge < -0.3 is 0 Å². The van der Waals surface area contributed by atoms with Crippen LogP contribution in [0.2, 0.25) is 0 Å². The molecule has 224 valence electrons. The lowest BCUT2D eigenvalue weighted by Gasteiger charge is -2.31. The molecule has 9 aromatic rings. The third kappa shape index (κ3) is 2.98. The summed E-state index contributed by atoms with van der Waals surface area (Å²) >= 11 is 0. The maximum atomic E-state index is 2.60. The Bertz CT molecular complexity index is 2890. The van der Waals surface area contributed by atoms with Gasteiger partial charge in [0.05, 0.1) is 5.41 Å². The standard InChI is InChI=1S/C49H28/c1-2-14-30-29(13-1)27-40(32-16-4-3-15-31(30)32)37-22-11-20-35-36-21-12-23-39-47(36)41(46(35)37)28-45-48(39)38-19-7-10-26-44(38)49(45)42-24-8-5-17-33(42)34-18-6-9-25-43(34)49/h1-28H. The number of benzene rings is 9. The second kappa shape index (κ2) is 9.01. The molecule has 0 saturated carbocycles.